The fourth-order valence-corrected chi connectivity index (χ4v) is 5.84. The van der Waals surface area contributed by atoms with Crippen molar-refractivity contribution in [1.82, 2.24) is 25.0 Å². The van der Waals surface area contributed by atoms with Gasteiger partial charge < -0.3 is 5.32 Å². The van der Waals surface area contributed by atoms with E-state index in [9.17, 15) is 13.2 Å². The van der Waals surface area contributed by atoms with Crippen LogP contribution in [-0.2, 0) is 10.0 Å². The number of carbonyl (C=O) groups excluding carboxylic acids is 1. The highest BCUT2D eigenvalue weighted by Gasteiger charge is 2.42. The van der Waals surface area contributed by atoms with E-state index in [2.05, 4.69) is 20.7 Å². The van der Waals surface area contributed by atoms with E-state index in [4.69, 9.17) is 23.2 Å². The predicted octanol–water partition coefficient (Wildman–Crippen LogP) is 3.11. The molecular formula is C19H23Cl2N5O3S. The quantitative estimate of drug-likeness (QED) is 0.644. The number of benzene rings is 1. The number of nitrogens with one attached hydrogen (secondary N) is 2. The zero-order chi connectivity index (χ0) is 21.4. The molecule has 1 saturated carbocycles. The first kappa shape index (κ1) is 21.5. The third kappa shape index (κ3) is 4.64. The number of aromatic amines is 1. The normalized spacial score (nSPS) is 19.5. The summed E-state index contributed by atoms with van der Waals surface area (Å²) in [7, 11) is -3.65. The van der Waals surface area contributed by atoms with Crippen molar-refractivity contribution in [3.63, 3.8) is 0 Å². The van der Waals surface area contributed by atoms with E-state index in [1.54, 1.807) is 18.2 Å². The molecule has 2 heterocycles. The van der Waals surface area contributed by atoms with Gasteiger partial charge in [-0.2, -0.15) is 14.6 Å². The number of nitrogens with zero attached hydrogens (tertiary/aromatic N) is 3. The summed E-state index contributed by atoms with van der Waals surface area (Å²) in [5, 5.41) is 13.4. The van der Waals surface area contributed by atoms with Gasteiger partial charge in [0, 0.05) is 24.7 Å². The van der Waals surface area contributed by atoms with Gasteiger partial charge in [0.15, 0.2) is 0 Å². The summed E-state index contributed by atoms with van der Waals surface area (Å²) in [5.74, 6) is 0.407. The summed E-state index contributed by atoms with van der Waals surface area (Å²) in [6.45, 7) is 1.26. The molecule has 162 valence electrons. The van der Waals surface area contributed by atoms with E-state index >= 15 is 0 Å². The van der Waals surface area contributed by atoms with Crippen LogP contribution < -0.4 is 5.32 Å². The molecule has 0 unspecified atom stereocenters. The van der Waals surface area contributed by atoms with Crippen molar-refractivity contribution in [1.29, 1.82) is 0 Å². The molecule has 8 nitrogen and oxygen atoms in total. The number of hydrogen-bond acceptors (Lipinski definition) is 5. The van der Waals surface area contributed by atoms with E-state index in [-0.39, 0.29) is 16.3 Å². The molecule has 2 aliphatic rings. The second-order valence-corrected chi connectivity index (χ2v) is 10.9. The van der Waals surface area contributed by atoms with E-state index in [1.165, 1.54) is 23.3 Å². The Morgan fingerprint density at radius 2 is 2.00 bits per heavy atom. The molecule has 30 heavy (non-hydrogen) atoms. The highest BCUT2D eigenvalue weighted by Crippen LogP contribution is 2.46. The van der Waals surface area contributed by atoms with E-state index in [1.807, 2.05) is 0 Å². The van der Waals surface area contributed by atoms with Crippen LogP contribution in [0.3, 0.4) is 0 Å². The molecule has 2 fully saturated rings. The Kier molecular flexibility index (Phi) is 6.07. The number of H-pyrrole nitrogens is 1. The Labute approximate surface area is 185 Å². The van der Waals surface area contributed by atoms with Gasteiger partial charge in [0.05, 0.1) is 16.8 Å². The Morgan fingerprint density at radius 3 is 2.60 bits per heavy atom. The summed E-state index contributed by atoms with van der Waals surface area (Å²) in [5.41, 5.74) is 0.250. The SMILES string of the molecule is O=C(NCC1(CC2CC2)CCN(S(=O)(=O)c2cn[nH]n2)CC1)c1ccc(Cl)cc1Cl. The number of amides is 1. The highest BCUT2D eigenvalue weighted by atomic mass is 35.5. The molecule has 1 aliphatic carbocycles. The second kappa shape index (κ2) is 8.45. The van der Waals surface area contributed by atoms with Crippen LogP contribution in [0.5, 0.6) is 0 Å². The summed E-state index contributed by atoms with van der Waals surface area (Å²) in [4.78, 5) is 12.7. The van der Waals surface area contributed by atoms with Crippen LogP contribution in [0.4, 0.5) is 0 Å². The lowest BCUT2D eigenvalue weighted by atomic mass is 9.74. The molecule has 4 rings (SSSR count). The van der Waals surface area contributed by atoms with Gasteiger partial charge in [-0.3, -0.25) is 4.79 Å². The zero-order valence-electron chi connectivity index (χ0n) is 16.3. The average Bonchev–Trinajstić information content (AvgIpc) is 3.33. The molecule has 0 atom stereocenters. The van der Waals surface area contributed by atoms with Gasteiger partial charge in [-0.05, 0) is 48.8 Å². The topological polar surface area (TPSA) is 108 Å². The van der Waals surface area contributed by atoms with Crippen LogP contribution in [0.2, 0.25) is 10.0 Å². The van der Waals surface area contributed by atoms with E-state index < -0.39 is 10.0 Å². The fourth-order valence-electron chi connectivity index (χ4n) is 4.07. The van der Waals surface area contributed by atoms with Crippen molar-refractivity contribution >= 4 is 39.1 Å². The fraction of sp³-hybridized carbons (Fsp3) is 0.526. The number of sulfonamides is 1. The lowest BCUT2D eigenvalue weighted by molar-refractivity contribution is 0.0871. The lowest BCUT2D eigenvalue weighted by Gasteiger charge is -2.41. The maximum atomic E-state index is 12.7. The summed E-state index contributed by atoms with van der Waals surface area (Å²) in [6, 6.07) is 4.79. The molecule has 1 aromatic carbocycles. The first-order valence-electron chi connectivity index (χ1n) is 9.88. The largest absolute Gasteiger partial charge is 0.351 e. The molecule has 0 bridgehead atoms. The summed E-state index contributed by atoms with van der Waals surface area (Å²) >= 11 is 12.1. The van der Waals surface area contributed by atoms with Crippen LogP contribution in [0.25, 0.3) is 0 Å². The Bertz CT molecular complexity index is 1020. The Morgan fingerprint density at radius 1 is 1.27 bits per heavy atom. The monoisotopic (exact) mass is 471 g/mol. The molecule has 0 spiro atoms. The highest BCUT2D eigenvalue weighted by molar-refractivity contribution is 7.89. The van der Waals surface area contributed by atoms with Gasteiger partial charge in [-0.1, -0.05) is 36.0 Å². The van der Waals surface area contributed by atoms with Crippen molar-refractivity contribution in [3.8, 4) is 0 Å². The molecule has 1 aliphatic heterocycles. The van der Waals surface area contributed by atoms with Gasteiger partial charge in [0.25, 0.3) is 15.9 Å². The first-order valence-corrected chi connectivity index (χ1v) is 12.1. The van der Waals surface area contributed by atoms with Crippen LogP contribution in [0.15, 0.2) is 29.4 Å². The molecule has 2 aromatic rings. The van der Waals surface area contributed by atoms with Gasteiger partial charge in [-0.25, -0.2) is 8.42 Å². The molecule has 11 heteroatoms. The van der Waals surface area contributed by atoms with E-state index in [0.717, 1.165) is 6.42 Å². The average molecular weight is 472 g/mol. The minimum atomic E-state index is -3.65. The van der Waals surface area contributed by atoms with E-state index in [0.29, 0.717) is 54.0 Å². The Balaban J connectivity index is 1.43. The lowest BCUT2D eigenvalue weighted by Crippen LogP contribution is -2.48. The van der Waals surface area contributed by atoms with Crippen molar-refractivity contribution in [2.75, 3.05) is 19.6 Å². The number of piperidine rings is 1. The number of carbonyl (C=O) groups is 1. The van der Waals surface area contributed by atoms with Crippen LogP contribution in [0.1, 0.15) is 42.5 Å². The summed E-state index contributed by atoms with van der Waals surface area (Å²) < 4.78 is 26.9. The van der Waals surface area contributed by atoms with Gasteiger partial charge in [0.1, 0.15) is 0 Å². The van der Waals surface area contributed by atoms with Crippen LogP contribution >= 0.6 is 23.2 Å². The predicted molar refractivity (Wildman–Crippen MR) is 113 cm³/mol. The van der Waals surface area contributed by atoms with Gasteiger partial charge in [-0.15, -0.1) is 5.10 Å². The summed E-state index contributed by atoms with van der Waals surface area (Å²) in [6.07, 6.45) is 5.95. The number of aromatic nitrogens is 3. The molecule has 0 radical (unpaired) electrons. The second-order valence-electron chi connectivity index (χ2n) is 8.17. The van der Waals surface area contributed by atoms with Crippen molar-refractivity contribution < 1.29 is 13.2 Å². The standard InChI is InChI=1S/C19H23Cl2N5O3S/c20-14-3-4-15(16(21)9-14)18(27)22-12-19(10-13-1-2-13)5-7-26(8-6-19)30(28,29)17-11-23-25-24-17/h3-4,9,11,13H,1-2,5-8,10,12H2,(H,22,27)(H,23,24,25). The zero-order valence-corrected chi connectivity index (χ0v) is 18.6. The smallest absolute Gasteiger partial charge is 0.264 e. The molecule has 1 saturated heterocycles. The van der Waals surface area contributed by atoms with Gasteiger partial charge in [0.2, 0.25) is 5.03 Å². The van der Waals surface area contributed by atoms with Crippen molar-refractivity contribution in [3.05, 3.63) is 40.0 Å². The molecular weight excluding hydrogens is 449 g/mol. The van der Waals surface area contributed by atoms with Crippen molar-refractivity contribution in [2.24, 2.45) is 11.3 Å². The number of halogens is 2. The van der Waals surface area contributed by atoms with Crippen LogP contribution in [-0.4, -0.2) is 53.7 Å². The third-order valence-corrected chi connectivity index (χ3v) is 8.32. The number of hydrogen-bond donors (Lipinski definition) is 2. The molecule has 2 N–H and O–H groups in total. The maximum Gasteiger partial charge on any atom is 0.264 e. The number of rotatable bonds is 7. The maximum absolute atomic E-state index is 12.7. The first-order chi connectivity index (χ1) is 14.3. The van der Waals surface area contributed by atoms with Gasteiger partial charge >= 0.3 is 0 Å². The molecule has 1 amide bonds. The molecule has 1 aromatic heterocycles. The van der Waals surface area contributed by atoms with Crippen molar-refractivity contribution in [2.45, 2.75) is 37.1 Å². The Hall–Kier alpha value is -1.68. The van der Waals surface area contributed by atoms with Crippen LogP contribution in [0, 0.1) is 11.3 Å². The minimum absolute atomic E-state index is 0.0668. The minimum Gasteiger partial charge on any atom is -0.351 e. The third-order valence-electron chi connectivity index (χ3n) is 6.00.